The van der Waals surface area contributed by atoms with E-state index in [1.807, 2.05) is 48.5 Å². The summed E-state index contributed by atoms with van der Waals surface area (Å²) >= 11 is 0. The van der Waals surface area contributed by atoms with Crippen LogP contribution in [-0.4, -0.2) is 31.7 Å². The minimum absolute atomic E-state index is 0.158. The highest BCUT2D eigenvalue weighted by Crippen LogP contribution is 2.29. The van der Waals surface area contributed by atoms with Crippen LogP contribution in [0.2, 0.25) is 0 Å². The average molecular weight is 519 g/mol. The standard InChI is InChI=1S/C29H30N2O5S/c1-20-16-21(2)18-31(17-20)37(33,34)24-14-12-22(13-15-24)30-29(32)28-26(19-35-23-8-4-3-5-9-23)25-10-6-7-11-27(25)36-28/h3-15,20-21H,16-19H2,1-2H3,(H,30,32)/t20-,21+. The summed E-state index contributed by atoms with van der Waals surface area (Å²) in [6, 6.07) is 23.1. The number of hydrogen-bond acceptors (Lipinski definition) is 5. The third-order valence-corrected chi connectivity index (χ3v) is 8.46. The van der Waals surface area contributed by atoms with E-state index < -0.39 is 15.9 Å². The number of sulfonamides is 1. The molecule has 0 bridgehead atoms. The van der Waals surface area contributed by atoms with Crippen LogP contribution in [0, 0.1) is 11.8 Å². The molecule has 4 aromatic rings. The van der Waals surface area contributed by atoms with Crippen molar-refractivity contribution in [3.05, 3.63) is 90.2 Å². The van der Waals surface area contributed by atoms with Gasteiger partial charge in [-0.25, -0.2) is 8.42 Å². The lowest BCUT2D eigenvalue weighted by molar-refractivity contribution is 0.0995. The molecule has 7 nitrogen and oxygen atoms in total. The van der Waals surface area contributed by atoms with Crippen LogP contribution in [0.5, 0.6) is 5.75 Å². The van der Waals surface area contributed by atoms with E-state index in [2.05, 4.69) is 19.2 Å². The van der Waals surface area contributed by atoms with Crippen LogP contribution in [0.25, 0.3) is 11.0 Å². The lowest BCUT2D eigenvalue weighted by atomic mass is 9.94. The number of nitrogens with one attached hydrogen (secondary N) is 1. The number of piperidine rings is 1. The molecule has 0 spiro atoms. The Morgan fingerprint density at radius 2 is 1.59 bits per heavy atom. The maximum absolute atomic E-state index is 13.2. The first-order valence-corrected chi connectivity index (χ1v) is 13.8. The molecule has 0 unspecified atom stereocenters. The molecule has 5 rings (SSSR count). The van der Waals surface area contributed by atoms with E-state index in [1.165, 1.54) is 12.1 Å². The van der Waals surface area contributed by atoms with E-state index >= 15 is 0 Å². The van der Waals surface area contributed by atoms with Crippen LogP contribution < -0.4 is 10.1 Å². The molecule has 192 valence electrons. The first-order valence-electron chi connectivity index (χ1n) is 12.4. The van der Waals surface area contributed by atoms with E-state index in [4.69, 9.17) is 9.15 Å². The molecule has 1 amide bonds. The Bertz CT molecular complexity index is 1490. The SMILES string of the molecule is C[C@@H]1C[C@H](C)CN(S(=O)(=O)c2ccc(NC(=O)c3oc4ccccc4c3COc3ccccc3)cc2)C1. The maximum Gasteiger partial charge on any atom is 0.291 e. The van der Waals surface area contributed by atoms with Gasteiger partial charge in [0.2, 0.25) is 10.0 Å². The van der Waals surface area contributed by atoms with Gasteiger partial charge in [0.15, 0.2) is 5.76 Å². The Morgan fingerprint density at radius 3 is 2.30 bits per heavy atom. The number of rotatable bonds is 7. The third-order valence-electron chi connectivity index (χ3n) is 6.62. The Balaban J connectivity index is 1.35. The summed E-state index contributed by atoms with van der Waals surface area (Å²) in [5, 5.41) is 3.63. The molecule has 3 aromatic carbocycles. The molecule has 37 heavy (non-hydrogen) atoms. The molecule has 2 heterocycles. The van der Waals surface area contributed by atoms with Crippen LogP contribution in [0.4, 0.5) is 5.69 Å². The van der Waals surface area contributed by atoms with Crippen molar-refractivity contribution < 1.29 is 22.4 Å². The van der Waals surface area contributed by atoms with Crippen molar-refractivity contribution in [1.82, 2.24) is 4.31 Å². The lowest BCUT2D eigenvalue weighted by Gasteiger charge is -2.34. The molecule has 2 atom stereocenters. The second-order valence-corrected chi connectivity index (χ2v) is 11.7. The Labute approximate surface area is 217 Å². The number of furan rings is 1. The fourth-order valence-corrected chi connectivity index (χ4v) is 6.63. The van der Waals surface area contributed by atoms with Gasteiger partial charge in [0.05, 0.1) is 4.90 Å². The van der Waals surface area contributed by atoms with Gasteiger partial charge >= 0.3 is 0 Å². The smallest absolute Gasteiger partial charge is 0.291 e. The first-order chi connectivity index (χ1) is 17.8. The number of benzene rings is 3. The number of amides is 1. The van der Waals surface area contributed by atoms with Crippen LogP contribution >= 0.6 is 0 Å². The summed E-state index contributed by atoms with van der Waals surface area (Å²) in [5.41, 5.74) is 1.70. The molecule has 0 radical (unpaired) electrons. The van der Waals surface area contributed by atoms with Crippen LogP contribution in [0.1, 0.15) is 36.4 Å². The second kappa shape index (κ2) is 10.4. The molecular formula is C29H30N2O5S. The summed E-state index contributed by atoms with van der Waals surface area (Å²) in [4.78, 5) is 13.4. The summed E-state index contributed by atoms with van der Waals surface area (Å²) in [6.45, 7) is 5.35. The zero-order valence-corrected chi connectivity index (χ0v) is 21.7. The summed E-state index contributed by atoms with van der Waals surface area (Å²) < 4.78 is 39.7. The van der Waals surface area contributed by atoms with Gasteiger partial charge in [0, 0.05) is 29.7 Å². The molecule has 1 aromatic heterocycles. The quantitative estimate of drug-likeness (QED) is 0.328. The maximum atomic E-state index is 13.2. The summed E-state index contributed by atoms with van der Waals surface area (Å²) in [7, 11) is -3.60. The number of hydrogen-bond donors (Lipinski definition) is 1. The molecule has 1 aliphatic heterocycles. The monoisotopic (exact) mass is 518 g/mol. The number of carbonyl (C=O) groups is 1. The lowest BCUT2D eigenvalue weighted by Crippen LogP contribution is -2.42. The number of anilines is 1. The van der Waals surface area contributed by atoms with Gasteiger partial charge in [-0.15, -0.1) is 0 Å². The van der Waals surface area contributed by atoms with Gasteiger partial charge in [-0.05, 0) is 60.7 Å². The molecule has 0 saturated carbocycles. The predicted molar refractivity (Wildman–Crippen MR) is 143 cm³/mol. The van der Waals surface area contributed by atoms with Gasteiger partial charge in [0.1, 0.15) is 17.9 Å². The van der Waals surface area contributed by atoms with Crippen molar-refractivity contribution in [3.63, 3.8) is 0 Å². The minimum atomic E-state index is -3.60. The van der Waals surface area contributed by atoms with Gasteiger partial charge in [-0.3, -0.25) is 4.79 Å². The van der Waals surface area contributed by atoms with Gasteiger partial charge in [-0.2, -0.15) is 4.31 Å². The zero-order chi connectivity index (χ0) is 26.0. The van der Waals surface area contributed by atoms with E-state index in [0.717, 1.165) is 11.8 Å². The summed E-state index contributed by atoms with van der Waals surface area (Å²) in [5.74, 6) is 1.05. The largest absolute Gasteiger partial charge is 0.489 e. The molecular weight excluding hydrogens is 488 g/mol. The normalized spacial score (nSPS) is 18.5. The van der Waals surface area contributed by atoms with Crippen molar-refractivity contribution in [3.8, 4) is 5.75 Å². The van der Waals surface area contributed by atoms with Crippen molar-refractivity contribution in [2.75, 3.05) is 18.4 Å². The second-order valence-electron chi connectivity index (χ2n) is 9.75. The Hall–Kier alpha value is -3.62. The summed E-state index contributed by atoms with van der Waals surface area (Å²) in [6.07, 6.45) is 1.02. The Morgan fingerprint density at radius 1 is 0.946 bits per heavy atom. The van der Waals surface area contributed by atoms with E-state index in [9.17, 15) is 13.2 Å². The average Bonchev–Trinajstić information content (AvgIpc) is 3.27. The van der Waals surface area contributed by atoms with Crippen molar-refractivity contribution in [1.29, 1.82) is 0 Å². The molecule has 1 fully saturated rings. The fourth-order valence-electron chi connectivity index (χ4n) is 4.95. The molecule has 0 aliphatic carbocycles. The highest BCUT2D eigenvalue weighted by molar-refractivity contribution is 7.89. The third kappa shape index (κ3) is 5.40. The Kier molecular flexibility index (Phi) is 7.04. The number of para-hydroxylation sites is 2. The molecule has 1 N–H and O–H groups in total. The molecule has 1 aliphatic rings. The number of nitrogens with zero attached hydrogens (tertiary/aromatic N) is 1. The van der Waals surface area contributed by atoms with Crippen LogP contribution in [0.3, 0.4) is 0 Å². The zero-order valence-electron chi connectivity index (χ0n) is 20.9. The molecule has 8 heteroatoms. The van der Waals surface area contributed by atoms with E-state index in [1.54, 1.807) is 22.5 Å². The van der Waals surface area contributed by atoms with Gasteiger partial charge in [0.25, 0.3) is 5.91 Å². The minimum Gasteiger partial charge on any atom is -0.489 e. The van der Waals surface area contributed by atoms with Crippen molar-refractivity contribution >= 4 is 32.6 Å². The van der Waals surface area contributed by atoms with Crippen LogP contribution in [-0.2, 0) is 16.6 Å². The van der Waals surface area contributed by atoms with E-state index in [-0.39, 0.29) is 17.3 Å². The topological polar surface area (TPSA) is 88.9 Å². The number of ether oxygens (including phenoxy) is 1. The highest BCUT2D eigenvalue weighted by atomic mass is 32.2. The first kappa shape index (κ1) is 25.0. The highest BCUT2D eigenvalue weighted by Gasteiger charge is 2.31. The van der Waals surface area contributed by atoms with Gasteiger partial charge in [-0.1, -0.05) is 50.2 Å². The number of fused-ring (bicyclic) bond motifs is 1. The van der Waals surface area contributed by atoms with Gasteiger partial charge < -0.3 is 14.5 Å². The number of carbonyl (C=O) groups excluding carboxylic acids is 1. The van der Waals surface area contributed by atoms with Crippen LogP contribution in [0.15, 0.2) is 88.2 Å². The fraction of sp³-hybridized carbons (Fsp3) is 0.276. The molecule has 1 saturated heterocycles. The van der Waals surface area contributed by atoms with E-state index in [0.29, 0.717) is 47.5 Å². The van der Waals surface area contributed by atoms with Crippen molar-refractivity contribution in [2.24, 2.45) is 11.8 Å². The van der Waals surface area contributed by atoms with Crippen molar-refractivity contribution in [2.45, 2.75) is 31.8 Å². The predicted octanol–water partition coefficient (Wildman–Crippen LogP) is 5.93.